The number of carbonyl (C=O) groups excluding carboxylic acids is 4. The van der Waals surface area contributed by atoms with Gasteiger partial charge in [-0.05, 0) is 13.8 Å². The summed E-state index contributed by atoms with van der Waals surface area (Å²) in [6, 6.07) is 0. The molecule has 2 amide bonds. The molecule has 0 aromatic rings. The summed E-state index contributed by atoms with van der Waals surface area (Å²) in [5.74, 6) is -0.964. The van der Waals surface area contributed by atoms with E-state index < -0.39 is 10.8 Å². The normalized spacial score (nSPS) is 15.6. The average Bonchev–Trinajstić information content (AvgIpc) is 2.62. The van der Waals surface area contributed by atoms with E-state index in [1.165, 1.54) is 0 Å². The summed E-state index contributed by atoms with van der Waals surface area (Å²) in [5.41, 5.74) is 10.5. The minimum Gasteiger partial charge on any atom is -0.355 e. The van der Waals surface area contributed by atoms with Crippen LogP contribution in [0.1, 0.15) is 54.4 Å². The van der Waals surface area contributed by atoms with E-state index in [0.717, 1.165) is 0 Å². The number of hydrogen-bond donors (Lipinski definition) is 4. The van der Waals surface area contributed by atoms with Gasteiger partial charge in [0.25, 0.3) is 0 Å². The number of nitrogens with two attached hydrogens (primary N) is 2. The maximum absolute atomic E-state index is 13.3. The molecular formula is C22H36N4O4. The second-order valence-corrected chi connectivity index (χ2v) is 9.06. The molecule has 1 aliphatic carbocycles. The highest BCUT2D eigenvalue weighted by Crippen LogP contribution is 2.44. The largest absolute Gasteiger partial charge is 0.355 e. The van der Waals surface area contributed by atoms with Crippen LogP contribution >= 0.6 is 0 Å². The van der Waals surface area contributed by atoms with Crippen molar-refractivity contribution in [2.75, 3.05) is 26.2 Å². The molecule has 0 atom stereocenters. The topological polar surface area (TPSA) is 144 Å². The predicted octanol–water partition coefficient (Wildman–Crippen LogP) is 0.754. The van der Waals surface area contributed by atoms with Crippen LogP contribution in [0.5, 0.6) is 0 Å². The Morgan fingerprint density at radius 3 is 1.30 bits per heavy atom. The molecular weight excluding hydrogens is 384 g/mol. The van der Waals surface area contributed by atoms with Gasteiger partial charge in [0.2, 0.25) is 11.8 Å². The molecule has 30 heavy (non-hydrogen) atoms. The van der Waals surface area contributed by atoms with Crippen LogP contribution in [0.2, 0.25) is 0 Å². The molecule has 0 aromatic heterocycles. The summed E-state index contributed by atoms with van der Waals surface area (Å²) >= 11 is 0. The smallest absolute Gasteiger partial charge is 0.220 e. The molecule has 0 spiro atoms. The molecule has 0 unspecified atom stereocenters. The third kappa shape index (κ3) is 5.86. The minimum atomic E-state index is -0.828. The van der Waals surface area contributed by atoms with E-state index in [0.29, 0.717) is 48.5 Å². The van der Waals surface area contributed by atoms with Crippen molar-refractivity contribution >= 4 is 23.4 Å². The van der Waals surface area contributed by atoms with Crippen molar-refractivity contribution in [3.8, 4) is 0 Å². The van der Waals surface area contributed by atoms with Gasteiger partial charge in [-0.15, -0.1) is 0 Å². The van der Waals surface area contributed by atoms with Gasteiger partial charge in [0, 0.05) is 72.1 Å². The third-order valence-electron chi connectivity index (χ3n) is 5.38. The first-order chi connectivity index (χ1) is 13.8. The number of rotatable bonds is 10. The van der Waals surface area contributed by atoms with Crippen LogP contribution in [0.15, 0.2) is 22.3 Å². The van der Waals surface area contributed by atoms with Crippen LogP contribution in [0.4, 0.5) is 0 Å². The Morgan fingerprint density at radius 1 is 0.733 bits per heavy atom. The first-order valence-corrected chi connectivity index (χ1v) is 10.3. The van der Waals surface area contributed by atoms with E-state index >= 15 is 0 Å². The first kappa shape index (κ1) is 25.7. The Balaban J connectivity index is 3.23. The van der Waals surface area contributed by atoms with Gasteiger partial charge in [-0.3, -0.25) is 19.2 Å². The quantitative estimate of drug-likeness (QED) is 0.384. The van der Waals surface area contributed by atoms with Crippen molar-refractivity contribution in [2.45, 2.75) is 54.4 Å². The lowest BCUT2D eigenvalue weighted by molar-refractivity contribution is -0.124. The summed E-state index contributed by atoms with van der Waals surface area (Å²) in [6.07, 6.45) is 0.123. The van der Waals surface area contributed by atoms with Gasteiger partial charge in [0.15, 0.2) is 11.6 Å². The Morgan fingerprint density at radius 2 is 1.03 bits per heavy atom. The maximum Gasteiger partial charge on any atom is 0.220 e. The van der Waals surface area contributed by atoms with Crippen LogP contribution in [0.3, 0.4) is 0 Å². The van der Waals surface area contributed by atoms with Crippen LogP contribution in [-0.2, 0) is 19.2 Å². The minimum absolute atomic E-state index is 0.0617. The second kappa shape index (κ2) is 10.1. The van der Waals surface area contributed by atoms with Gasteiger partial charge in [-0.1, -0.05) is 27.7 Å². The lowest BCUT2D eigenvalue weighted by atomic mass is 9.66. The third-order valence-corrected chi connectivity index (χ3v) is 5.38. The van der Waals surface area contributed by atoms with E-state index in [4.69, 9.17) is 11.5 Å². The summed E-state index contributed by atoms with van der Waals surface area (Å²) in [6.45, 7) is 11.7. The zero-order chi connectivity index (χ0) is 23.3. The van der Waals surface area contributed by atoms with E-state index in [1.54, 1.807) is 41.5 Å². The average molecular weight is 421 g/mol. The lowest BCUT2D eigenvalue weighted by Gasteiger charge is -2.36. The van der Waals surface area contributed by atoms with Crippen molar-refractivity contribution < 1.29 is 19.2 Å². The maximum atomic E-state index is 13.3. The van der Waals surface area contributed by atoms with E-state index in [2.05, 4.69) is 10.6 Å². The van der Waals surface area contributed by atoms with Crippen molar-refractivity contribution in [3.05, 3.63) is 22.3 Å². The van der Waals surface area contributed by atoms with Gasteiger partial charge < -0.3 is 22.1 Å². The van der Waals surface area contributed by atoms with Gasteiger partial charge in [-0.2, -0.15) is 0 Å². The van der Waals surface area contributed by atoms with Crippen molar-refractivity contribution in [1.29, 1.82) is 0 Å². The fourth-order valence-corrected chi connectivity index (χ4v) is 4.10. The van der Waals surface area contributed by atoms with E-state index in [-0.39, 0.29) is 36.2 Å². The number of ketones is 2. The van der Waals surface area contributed by atoms with Gasteiger partial charge in [-0.25, -0.2) is 0 Å². The first-order valence-electron chi connectivity index (χ1n) is 10.3. The van der Waals surface area contributed by atoms with Crippen molar-refractivity contribution in [1.82, 2.24) is 10.6 Å². The number of hydrogen-bond acceptors (Lipinski definition) is 6. The van der Waals surface area contributed by atoms with Gasteiger partial charge >= 0.3 is 0 Å². The molecule has 0 aromatic carbocycles. The summed E-state index contributed by atoms with van der Waals surface area (Å²) in [4.78, 5) is 51.0. The fraction of sp³-hybridized carbons (Fsp3) is 0.636. The monoisotopic (exact) mass is 420 g/mol. The van der Waals surface area contributed by atoms with Gasteiger partial charge in [0.1, 0.15) is 0 Å². The Hall–Kier alpha value is -2.32. The predicted molar refractivity (Wildman–Crippen MR) is 116 cm³/mol. The molecule has 8 heteroatoms. The highest BCUT2D eigenvalue weighted by atomic mass is 16.2. The van der Waals surface area contributed by atoms with Crippen LogP contribution in [0, 0.1) is 10.8 Å². The van der Waals surface area contributed by atoms with E-state index in [1.807, 2.05) is 0 Å². The van der Waals surface area contributed by atoms with Crippen LogP contribution < -0.4 is 22.1 Å². The number of carbonyl (C=O) groups is 4. The molecule has 0 saturated carbocycles. The zero-order valence-corrected chi connectivity index (χ0v) is 19.0. The molecule has 0 saturated heterocycles. The van der Waals surface area contributed by atoms with Gasteiger partial charge in [0.05, 0.1) is 0 Å². The molecule has 0 radical (unpaired) electrons. The molecule has 8 nitrogen and oxygen atoms in total. The van der Waals surface area contributed by atoms with Crippen molar-refractivity contribution in [2.24, 2.45) is 22.3 Å². The van der Waals surface area contributed by atoms with Crippen LogP contribution in [-0.4, -0.2) is 49.6 Å². The Bertz CT molecular complexity index is 725. The highest BCUT2D eigenvalue weighted by Gasteiger charge is 2.43. The van der Waals surface area contributed by atoms with Crippen LogP contribution in [0.25, 0.3) is 0 Å². The molecule has 6 N–H and O–H groups in total. The molecule has 0 heterocycles. The molecule has 0 fully saturated rings. The molecule has 0 bridgehead atoms. The lowest BCUT2D eigenvalue weighted by Crippen LogP contribution is -2.39. The summed E-state index contributed by atoms with van der Waals surface area (Å²) in [7, 11) is 0. The number of amides is 2. The Kier molecular flexibility index (Phi) is 8.68. The second-order valence-electron chi connectivity index (χ2n) is 9.06. The molecule has 1 aliphatic rings. The summed E-state index contributed by atoms with van der Waals surface area (Å²) < 4.78 is 0. The Labute approximate surface area is 178 Å². The number of allylic oxidation sites excluding steroid dienone is 4. The van der Waals surface area contributed by atoms with Crippen molar-refractivity contribution in [3.63, 3.8) is 0 Å². The van der Waals surface area contributed by atoms with E-state index in [9.17, 15) is 19.2 Å². The molecule has 0 aliphatic heterocycles. The molecule has 168 valence electrons. The molecule has 1 rings (SSSR count). The number of nitrogens with one attached hydrogen (secondary N) is 2. The SMILES string of the molecule is CC1=C(C(C)(C)CC(=O)NCCN)C(=O)C(C)=C(C(C)(C)CC(=O)NCCN)C1=O. The zero-order valence-electron chi connectivity index (χ0n) is 19.0. The summed E-state index contributed by atoms with van der Waals surface area (Å²) in [5, 5.41) is 5.41. The fourth-order valence-electron chi connectivity index (χ4n) is 4.10. The number of Topliss-reactive ketones (excluding diaryl/α,β-unsaturated/α-hetero) is 2. The highest BCUT2D eigenvalue weighted by molar-refractivity contribution is 6.26. The standard InChI is InChI=1S/C22H36N4O4/c1-13-17(21(3,4)11-15(27)25-9-7-23)20(30)14(2)18(19(13)29)22(5,6)12-16(28)26-10-8-24/h7-12,23-24H2,1-6H3,(H,25,27)(H,26,28).